The van der Waals surface area contributed by atoms with Gasteiger partial charge in [-0.15, -0.1) is 0 Å². The second-order valence-corrected chi connectivity index (χ2v) is 2.07. The van der Waals surface area contributed by atoms with Crippen molar-refractivity contribution in [1.82, 2.24) is 0 Å². The zero-order chi connectivity index (χ0) is 7.56. The third-order valence-electron chi connectivity index (χ3n) is 1.02. The molecular formula is C6H6O3S. The molecule has 3 nitrogen and oxygen atoms in total. The lowest BCUT2D eigenvalue weighted by Crippen LogP contribution is -1.98. The van der Waals surface area contributed by atoms with Gasteiger partial charge in [0.05, 0.1) is 0 Å². The van der Waals surface area contributed by atoms with Crippen LogP contribution in [0.2, 0.25) is 0 Å². The largest absolute Gasteiger partial charge is 0.502 e. The molecule has 0 saturated heterocycles. The van der Waals surface area contributed by atoms with Crippen LogP contribution in [0.1, 0.15) is 5.76 Å². The standard InChI is InChI=1S/C6H6O3S/c7-5-1-4(3-10)9-2-6(5)8/h1-2,8,10H,3H2. The molecule has 1 heterocycles. The summed E-state index contributed by atoms with van der Waals surface area (Å²) in [4.78, 5) is 10.7. The van der Waals surface area contributed by atoms with Crippen molar-refractivity contribution in [2.45, 2.75) is 5.75 Å². The molecular weight excluding hydrogens is 152 g/mol. The van der Waals surface area contributed by atoms with Crippen molar-refractivity contribution in [3.05, 3.63) is 28.3 Å². The SMILES string of the molecule is O=c1cc(CS)occ1O. The number of hydrogen-bond acceptors (Lipinski definition) is 4. The molecule has 10 heavy (non-hydrogen) atoms. The van der Waals surface area contributed by atoms with E-state index in [0.717, 1.165) is 6.26 Å². The summed E-state index contributed by atoms with van der Waals surface area (Å²) in [6.07, 6.45) is 1.01. The van der Waals surface area contributed by atoms with Gasteiger partial charge < -0.3 is 9.52 Å². The Balaban J connectivity index is 3.17. The summed E-state index contributed by atoms with van der Waals surface area (Å²) < 4.78 is 4.76. The zero-order valence-corrected chi connectivity index (χ0v) is 5.97. The molecule has 0 unspecified atom stereocenters. The van der Waals surface area contributed by atoms with Crippen LogP contribution in [-0.2, 0) is 5.75 Å². The fourth-order valence-electron chi connectivity index (χ4n) is 0.527. The number of rotatable bonds is 1. The van der Waals surface area contributed by atoms with Gasteiger partial charge in [-0.2, -0.15) is 12.6 Å². The fourth-order valence-corrected chi connectivity index (χ4v) is 0.692. The molecule has 4 heteroatoms. The highest BCUT2D eigenvalue weighted by atomic mass is 32.1. The van der Waals surface area contributed by atoms with E-state index in [0.29, 0.717) is 11.5 Å². The minimum absolute atomic E-state index is 0.357. The van der Waals surface area contributed by atoms with Gasteiger partial charge >= 0.3 is 0 Å². The first kappa shape index (κ1) is 7.21. The van der Waals surface area contributed by atoms with Crippen LogP contribution < -0.4 is 5.43 Å². The van der Waals surface area contributed by atoms with E-state index in [1.807, 2.05) is 0 Å². The van der Waals surface area contributed by atoms with Gasteiger partial charge in [0.1, 0.15) is 12.0 Å². The van der Waals surface area contributed by atoms with Gasteiger partial charge in [-0.3, -0.25) is 4.79 Å². The van der Waals surface area contributed by atoms with E-state index in [9.17, 15) is 4.79 Å². The summed E-state index contributed by atoms with van der Waals surface area (Å²) in [5, 5.41) is 8.71. The molecule has 0 spiro atoms. The second kappa shape index (κ2) is 2.79. The highest BCUT2D eigenvalue weighted by Crippen LogP contribution is 2.04. The Bertz CT molecular complexity index is 279. The Hall–Kier alpha value is -0.900. The quantitative estimate of drug-likeness (QED) is 0.594. The average Bonchev–Trinajstić information content (AvgIpc) is 1.95. The molecule has 0 aliphatic rings. The van der Waals surface area contributed by atoms with E-state index in [2.05, 4.69) is 12.6 Å². The van der Waals surface area contributed by atoms with Gasteiger partial charge in [-0.05, 0) is 0 Å². The van der Waals surface area contributed by atoms with E-state index in [1.165, 1.54) is 6.07 Å². The monoisotopic (exact) mass is 158 g/mol. The maximum atomic E-state index is 10.7. The fraction of sp³-hybridized carbons (Fsp3) is 0.167. The number of thiol groups is 1. The molecule has 1 aromatic heterocycles. The lowest BCUT2D eigenvalue weighted by atomic mass is 10.4. The Morgan fingerprint density at radius 3 is 2.90 bits per heavy atom. The van der Waals surface area contributed by atoms with Gasteiger partial charge in [0.25, 0.3) is 0 Å². The maximum Gasteiger partial charge on any atom is 0.226 e. The molecule has 0 fully saturated rings. The summed E-state index contributed by atoms with van der Waals surface area (Å²) in [5.74, 6) is 0.437. The van der Waals surface area contributed by atoms with E-state index < -0.39 is 5.43 Å². The highest BCUT2D eigenvalue weighted by molar-refractivity contribution is 7.79. The molecule has 0 bridgehead atoms. The average molecular weight is 158 g/mol. The van der Waals surface area contributed by atoms with Crippen LogP contribution in [-0.4, -0.2) is 5.11 Å². The first-order valence-electron chi connectivity index (χ1n) is 2.65. The van der Waals surface area contributed by atoms with Crippen LogP contribution in [0, 0.1) is 0 Å². The topological polar surface area (TPSA) is 50.4 Å². The summed E-state index contributed by atoms with van der Waals surface area (Å²) >= 11 is 3.88. The van der Waals surface area contributed by atoms with Crippen molar-refractivity contribution in [3.63, 3.8) is 0 Å². The second-order valence-electron chi connectivity index (χ2n) is 1.75. The Labute approximate surface area is 62.7 Å². The smallest absolute Gasteiger partial charge is 0.226 e. The minimum Gasteiger partial charge on any atom is -0.502 e. The highest BCUT2D eigenvalue weighted by Gasteiger charge is 1.97. The van der Waals surface area contributed by atoms with Crippen LogP contribution in [0.15, 0.2) is 21.5 Å². The van der Waals surface area contributed by atoms with E-state index in [-0.39, 0.29) is 5.75 Å². The first-order valence-corrected chi connectivity index (χ1v) is 3.29. The molecule has 0 amide bonds. The molecule has 0 aliphatic heterocycles. The Morgan fingerprint density at radius 2 is 2.40 bits per heavy atom. The number of aromatic hydroxyl groups is 1. The number of hydrogen-bond donors (Lipinski definition) is 2. The van der Waals surface area contributed by atoms with Gasteiger partial charge in [-0.25, -0.2) is 0 Å². The molecule has 0 saturated carbocycles. The Kier molecular flexibility index (Phi) is 2.01. The van der Waals surface area contributed by atoms with Gasteiger partial charge in [0.2, 0.25) is 5.43 Å². The van der Waals surface area contributed by atoms with Gasteiger partial charge in [0.15, 0.2) is 5.75 Å². The Morgan fingerprint density at radius 1 is 1.70 bits per heavy atom. The van der Waals surface area contributed by atoms with Crippen molar-refractivity contribution >= 4 is 12.6 Å². The lowest BCUT2D eigenvalue weighted by Gasteiger charge is -1.92. The first-order chi connectivity index (χ1) is 4.74. The van der Waals surface area contributed by atoms with Gasteiger partial charge in [0, 0.05) is 11.8 Å². The minimum atomic E-state index is -0.435. The van der Waals surface area contributed by atoms with Crippen LogP contribution in [0.25, 0.3) is 0 Å². The van der Waals surface area contributed by atoms with E-state index >= 15 is 0 Å². The van der Waals surface area contributed by atoms with Crippen molar-refractivity contribution in [2.75, 3.05) is 0 Å². The van der Waals surface area contributed by atoms with E-state index in [4.69, 9.17) is 9.52 Å². The molecule has 0 atom stereocenters. The van der Waals surface area contributed by atoms with Crippen LogP contribution in [0.5, 0.6) is 5.75 Å². The molecule has 0 radical (unpaired) electrons. The molecule has 0 aromatic carbocycles. The van der Waals surface area contributed by atoms with Crippen molar-refractivity contribution < 1.29 is 9.52 Å². The summed E-state index contributed by atoms with van der Waals surface area (Å²) in [7, 11) is 0. The third-order valence-corrected chi connectivity index (χ3v) is 1.33. The molecule has 0 aliphatic carbocycles. The van der Waals surface area contributed by atoms with Crippen LogP contribution in [0.3, 0.4) is 0 Å². The van der Waals surface area contributed by atoms with Crippen LogP contribution >= 0.6 is 12.6 Å². The molecule has 1 N–H and O–H groups in total. The van der Waals surface area contributed by atoms with Crippen molar-refractivity contribution in [3.8, 4) is 5.75 Å². The van der Waals surface area contributed by atoms with Crippen molar-refractivity contribution in [2.24, 2.45) is 0 Å². The van der Waals surface area contributed by atoms with Gasteiger partial charge in [-0.1, -0.05) is 0 Å². The third kappa shape index (κ3) is 1.33. The predicted molar refractivity (Wildman–Crippen MR) is 39.3 cm³/mol. The predicted octanol–water partition coefficient (Wildman–Crippen LogP) is 0.775. The summed E-state index contributed by atoms with van der Waals surface area (Å²) in [5.41, 5.74) is -0.435. The zero-order valence-electron chi connectivity index (χ0n) is 5.07. The van der Waals surface area contributed by atoms with E-state index in [1.54, 1.807) is 0 Å². The molecule has 1 aromatic rings. The normalized spacial score (nSPS) is 9.70. The molecule has 54 valence electrons. The lowest BCUT2D eigenvalue weighted by molar-refractivity contribution is 0.419. The van der Waals surface area contributed by atoms with Crippen LogP contribution in [0.4, 0.5) is 0 Å². The summed E-state index contributed by atoms with van der Waals surface area (Å²) in [6.45, 7) is 0. The summed E-state index contributed by atoms with van der Waals surface area (Å²) in [6, 6.07) is 1.21. The maximum absolute atomic E-state index is 10.7. The molecule has 1 rings (SSSR count). The van der Waals surface area contributed by atoms with Crippen molar-refractivity contribution in [1.29, 1.82) is 0 Å².